The Morgan fingerprint density at radius 2 is 2.15 bits per heavy atom. The topological polar surface area (TPSA) is 46.5 Å². The number of phenolic OH excluding ortho intramolecular Hbond substituents is 1. The number of carbonyl (C=O) groups excluding carboxylic acids is 1. The average Bonchev–Trinajstić information content (AvgIpc) is 2.12. The van der Waals surface area contributed by atoms with E-state index in [2.05, 4.69) is 15.9 Å². The molecule has 4 heteroatoms. The maximum Gasteiger partial charge on any atom is 0.311 e. The highest BCUT2D eigenvalue weighted by atomic mass is 79.9. The maximum absolute atomic E-state index is 10.9. The van der Waals surface area contributed by atoms with Gasteiger partial charge in [0.1, 0.15) is 0 Å². The third-order valence-electron chi connectivity index (χ3n) is 1.98. The van der Waals surface area contributed by atoms with Crippen LogP contribution in [0.1, 0.15) is 12.0 Å². The SMILES string of the molecule is O=C1CCc2c(Br)ccc(O)c2O1. The van der Waals surface area contributed by atoms with Crippen LogP contribution in [0.25, 0.3) is 0 Å². The zero-order chi connectivity index (χ0) is 9.42. The van der Waals surface area contributed by atoms with Gasteiger partial charge in [-0.25, -0.2) is 0 Å². The maximum atomic E-state index is 10.9. The molecule has 0 fully saturated rings. The number of benzene rings is 1. The van der Waals surface area contributed by atoms with Crippen LogP contribution in [-0.4, -0.2) is 11.1 Å². The number of esters is 1. The van der Waals surface area contributed by atoms with Crippen LogP contribution in [0, 0.1) is 0 Å². The molecule has 1 N–H and O–H groups in total. The van der Waals surface area contributed by atoms with Crippen molar-refractivity contribution >= 4 is 21.9 Å². The predicted molar refractivity (Wildman–Crippen MR) is 49.8 cm³/mol. The van der Waals surface area contributed by atoms with Gasteiger partial charge >= 0.3 is 5.97 Å². The molecule has 0 saturated heterocycles. The van der Waals surface area contributed by atoms with Crippen molar-refractivity contribution in [3.63, 3.8) is 0 Å². The molecule has 1 heterocycles. The van der Waals surface area contributed by atoms with Gasteiger partial charge in [-0.1, -0.05) is 15.9 Å². The van der Waals surface area contributed by atoms with Crippen LogP contribution in [0.2, 0.25) is 0 Å². The second-order valence-electron chi connectivity index (χ2n) is 2.85. The molecular weight excluding hydrogens is 236 g/mol. The molecule has 1 aromatic rings. The highest BCUT2D eigenvalue weighted by molar-refractivity contribution is 9.10. The second-order valence-corrected chi connectivity index (χ2v) is 3.70. The number of rotatable bonds is 0. The summed E-state index contributed by atoms with van der Waals surface area (Å²) in [7, 11) is 0. The third kappa shape index (κ3) is 1.42. The van der Waals surface area contributed by atoms with Gasteiger partial charge in [0.2, 0.25) is 0 Å². The lowest BCUT2D eigenvalue weighted by Gasteiger charge is -2.17. The summed E-state index contributed by atoms with van der Waals surface area (Å²) in [5.41, 5.74) is 0.861. The number of carbonyl (C=O) groups is 1. The third-order valence-corrected chi connectivity index (χ3v) is 2.72. The summed E-state index contributed by atoms with van der Waals surface area (Å²) < 4.78 is 5.79. The molecule has 0 atom stereocenters. The van der Waals surface area contributed by atoms with Gasteiger partial charge in [-0.2, -0.15) is 0 Å². The lowest BCUT2D eigenvalue weighted by atomic mass is 10.1. The summed E-state index contributed by atoms with van der Waals surface area (Å²) in [6.45, 7) is 0. The number of hydrogen-bond donors (Lipinski definition) is 1. The summed E-state index contributed by atoms with van der Waals surface area (Å²) in [6, 6.07) is 3.24. The van der Waals surface area contributed by atoms with E-state index in [1.165, 1.54) is 6.07 Å². The normalized spacial score (nSPS) is 15.0. The number of phenols is 1. The first-order chi connectivity index (χ1) is 6.18. The van der Waals surface area contributed by atoms with Gasteiger partial charge in [-0.15, -0.1) is 0 Å². The van der Waals surface area contributed by atoms with Gasteiger partial charge in [-0.05, 0) is 18.6 Å². The summed E-state index contributed by atoms with van der Waals surface area (Å²) in [6.07, 6.45) is 0.984. The standard InChI is InChI=1S/C9H7BrO3/c10-6-2-3-7(11)9-5(6)1-4-8(12)13-9/h2-3,11H,1,4H2. The molecule has 1 aliphatic rings. The van der Waals surface area contributed by atoms with Crippen LogP contribution in [0.5, 0.6) is 11.5 Å². The summed E-state index contributed by atoms with van der Waals surface area (Å²) in [4.78, 5) is 10.9. The highest BCUT2D eigenvalue weighted by Crippen LogP contribution is 2.38. The molecule has 0 radical (unpaired) electrons. The van der Waals surface area contributed by atoms with Gasteiger partial charge in [0.15, 0.2) is 11.5 Å². The van der Waals surface area contributed by atoms with Crippen molar-refractivity contribution in [2.75, 3.05) is 0 Å². The Bertz CT molecular complexity index is 373. The number of ether oxygens (including phenoxy) is 1. The van der Waals surface area contributed by atoms with Crippen molar-refractivity contribution in [3.8, 4) is 11.5 Å². The first-order valence-electron chi connectivity index (χ1n) is 3.89. The highest BCUT2D eigenvalue weighted by Gasteiger charge is 2.22. The van der Waals surface area contributed by atoms with E-state index in [0.29, 0.717) is 18.6 Å². The first-order valence-corrected chi connectivity index (χ1v) is 4.69. The molecule has 1 aromatic carbocycles. The van der Waals surface area contributed by atoms with Crippen LogP contribution < -0.4 is 4.74 Å². The fraction of sp³-hybridized carbons (Fsp3) is 0.222. The Kier molecular flexibility index (Phi) is 2.00. The Morgan fingerprint density at radius 1 is 1.38 bits per heavy atom. The van der Waals surface area contributed by atoms with Gasteiger partial charge in [0, 0.05) is 10.0 Å². The van der Waals surface area contributed by atoms with E-state index in [9.17, 15) is 9.90 Å². The lowest BCUT2D eigenvalue weighted by molar-refractivity contribution is -0.135. The van der Waals surface area contributed by atoms with E-state index in [0.717, 1.165) is 10.0 Å². The molecular formula is C9H7BrO3. The van der Waals surface area contributed by atoms with Crippen molar-refractivity contribution in [1.82, 2.24) is 0 Å². The minimum atomic E-state index is -0.291. The van der Waals surface area contributed by atoms with Crippen molar-refractivity contribution in [1.29, 1.82) is 0 Å². The Morgan fingerprint density at radius 3 is 2.92 bits per heavy atom. The van der Waals surface area contributed by atoms with E-state index >= 15 is 0 Å². The number of hydrogen-bond acceptors (Lipinski definition) is 3. The van der Waals surface area contributed by atoms with Crippen LogP contribution in [0.3, 0.4) is 0 Å². The number of fused-ring (bicyclic) bond motifs is 1. The Labute approximate surface area is 83.5 Å². The van der Waals surface area contributed by atoms with Crippen LogP contribution >= 0.6 is 15.9 Å². The van der Waals surface area contributed by atoms with Crippen molar-refractivity contribution in [2.45, 2.75) is 12.8 Å². The molecule has 0 amide bonds. The Balaban J connectivity index is 2.57. The molecule has 0 spiro atoms. The fourth-order valence-electron chi connectivity index (χ4n) is 1.33. The largest absolute Gasteiger partial charge is 0.504 e. The molecule has 2 rings (SSSR count). The van der Waals surface area contributed by atoms with E-state index < -0.39 is 0 Å². The Hall–Kier alpha value is -1.03. The van der Waals surface area contributed by atoms with Crippen molar-refractivity contribution in [2.24, 2.45) is 0 Å². The summed E-state index contributed by atoms with van der Waals surface area (Å²) in [5, 5.41) is 9.40. The molecule has 0 saturated carbocycles. The number of halogens is 1. The molecule has 3 nitrogen and oxygen atoms in total. The van der Waals surface area contributed by atoms with Gasteiger partial charge in [0.05, 0.1) is 6.42 Å². The minimum Gasteiger partial charge on any atom is -0.504 e. The molecule has 0 bridgehead atoms. The fourth-order valence-corrected chi connectivity index (χ4v) is 1.84. The zero-order valence-electron chi connectivity index (χ0n) is 6.71. The van der Waals surface area contributed by atoms with Crippen LogP contribution in [0.15, 0.2) is 16.6 Å². The molecule has 13 heavy (non-hydrogen) atoms. The van der Waals surface area contributed by atoms with Crippen molar-refractivity contribution in [3.05, 3.63) is 22.2 Å². The van der Waals surface area contributed by atoms with Gasteiger partial charge in [0.25, 0.3) is 0 Å². The monoisotopic (exact) mass is 242 g/mol. The summed E-state index contributed by atoms with van der Waals surface area (Å²) in [5.74, 6) is 0.0257. The smallest absolute Gasteiger partial charge is 0.311 e. The molecule has 0 aromatic heterocycles. The van der Waals surface area contributed by atoms with E-state index in [4.69, 9.17) is 4.74 Å². The van der Waals surface area contributed by atoms with E-state index in [-0.39, 0.29) is 11.7 Å². The summed E-state index contributed by atoms with van der Waals surface area (Å²) >= 11 is 3.33. The van der Waals surface area contributed by atoms with Gasteiger partial charge in [-0.3, -0.25) is 4.79 Å². The predicted octanol–water partition coefficient (Wildman–Crippen LogP) is 2.01. The first kappa shape index (κ1) is 8.56. The minimum absolute atomic E-state index is 0.0197. The average molecular weight is 243 g/mol. The van der Waals surface area contributed by atoms with Crippen molar-refractivity contribution < 1.29 is 14.6 Å². The molecule has 68 valence electrons. The van der Waals surface area contributed by atoms with E-state index in [1.807, 2.05) is 0 Å². The number of aromatic hydroxyl groups is 1. The lowest BCUT2D eigenvalue weighted by Crippen LogP contribution is -2.16. The van der Waals surface area contributed by atoms with Gasteiger partial charge < -0.3 is 9.84 Å². The molecule has 1 aliphatic heterocycles. The molecule has 0 unspecified atom stereocenters. The quantitative estimate of drug-likeness (QED) is 0.560. The van der Waals surface area contributed by atoms with Crippen LogP contribution in [0.4, 0.5) is 0 Å². The second kappa shape index (κ2) is 3.03. The molecule has 0 aliphatic carbocycles. The van der Waals surface area contributed by atoms with Crippen LogP contribution in [-0.2, 0) is 11.2 Å². The zero-order valence-corrected chi connectivity index (χ0v) is 8.30. The van der Waals surface area contributed by atoms with E-state index in [1.54, 1.807) is 6.07 Å².